The minimum absolute atomic E-state index is 0.0207. The predicted octanol–water partition coefficient (Wildman–Crippen LogP) is 0.409. The minimum atomic E-state index is -0.575. The lowest BCUT2D eigenvalue weighted by atomic mass is 10.2. The average Bonchev–Trinajstić information content (AvgIpc) is 2.74. The lowest BCUT2D eigenvalue weighted by Crippen LogP contribution is -2.50. The van der Waals surface area contributed by atoms with Crippen molar-refractivity contribution in [1.29, 1.82) is 0 Å². The van der Waals surface area contributed by atoms with Gasteiger partial charge in [-0.25, -0.2) is 9.78 Å². The number of amides is 2. The first-order valence-electron chi connectivity index (χ1n) is 10.9. The van der Waals surface area contributed by atoms with Gasteiger partial charge >= 0.3 is 5.69 Å². The molecule has 32 heavy (non-hydrogen) atoms. The molecule has 0 atom stereocenters. The topological polar surface area (TPSA) is 101 Å². The first kappa shape index (κ1) is 23.5. The van der Waals surface area contributed by atoms with Gasteiger partial charge in [0.1, 0.15) is 11.9 Å². The monoisotopic (exact) mass is 444 g/mol. The van der Waals surface area contributed by atoms with Crippen LogP contribution in [0.1, 0.15) is 34.6 Å². The van der Waals surface area contributed by atoms with Crippen LogP contribution in [0.4, 0.5) is 5.69 Å². The maximum Gasteiger partial charge on any atom is 0.332 e. The molecule has 1 aliphatic rings. The maximum atomic E-state index is 13.5. The molecule has 0 radical (unpaired) electrons. The Morgan fingerprint density at radius 1 is 1.06 bits per heavy atom. The Hall–Kier alpha value is -3.17. The van der Waals surface area contributed by atoms with Gasteiger partial charge < -0.3 is 14.7 Å². The molecule has 2 aromatic heterocycles. The van der Waals surface area contributed by atoms with E-state index in [0.29, 0.717) is 37.3 Å². The van der Waals surface area contributed by atoms with Crippen molar-refractivity contribution in [2.45, 2.75) is 53.2 Å². The summed E-state index contributed by atoms with van der Waals surface area (Å²) in [7, 11) is 1.55. The van der Waals surface area contributed by atoms with Crippen LogP contribution in [0.2, 0.25) is 0 Å². The van der Waals surface area contributed by atoms with Crippen LogP contribution in [0.15, 0.2) is 21.9 Å². The summed E-state index contributed by atoms with van der Waals surface area (Å²) in [5.41, 5.74) is -0.167. The van der Waals surface area contributed by atoms with Gasteiger partial charge in [0.05, 0.1) is 5.69 Å². The number of carbonyl (C=O) groups is 2. The molecule has 1 aliphatic heterocycles. The molecule has 0 unspecified atom stereocenters. The number of anilines is 1. The van der Waals surface area contributed by atoms with Crippen LogP contribution in [-0.4, -0.2) is 74.0 Å². The highest BCUT2D eigenvalue weighted by Crippen LogP contribution is 2.23. The lowest BCUT2D eigenvalue weighted by Gasteiger charge is -2.36. The van der Waals surface area contributed by atoms with Crippen molar-refractivity contribution in [3.8, 4) is 0 Å². The van der Waals surface area contributed by atoms with Crippen molar-refractivity contribution in [1.82, 2.24) is 23.9 Å². The third kappa shape index (κ3) is 4.26. The highest BCUT2D eigenvalue weighted by atomic mass is 16.2. The van der Waals surface area contributed by atoms with Crippen molar-refractivity contribution in [3.63, 3.8) is 0 Å². The molecule has 2 amide bonds. The first-order valence-corrected chi connectivity index (χ1v) is 10.9. The molecule has 0 spiro atoms. The van der Waals surface area contributed by atoms with Crippen LogP contribution in [0.25, 0.3) is 11.0 Å². The molecule has 174 valence electrons. The Morgan fingerprint density at radius 2 is 1.66 bits per heavy atom. The van der Waals surface area contributed by atoms with Crippen LogP contribution >= 0.6 is 0 Å². The zero-order valence-electron chi connectivity index (χ0n) is 19.7. The number of piperazine rings is 1. The first-order chi connectivity index (χ1) is 15.0. The number of hydrogen-bond donors (Lipinski definition) is 0. The van der Waals surface area contributed by atoms with Gasteiger partial charge in [-0.05, 0) is 33.8 Å². The minimum Gasteiger partial charge on any atom is -0.367 e. The molecule has 0 N–H and O–H groups in total. The van der Waals surface area contributed by atoms with E-state index in [1.165, 1.54) is 4.57 Å². The Balaban J connectivity index is 2.08. The number of rotatable bonds is 5. The standard InChI is InChI=1S/C22H32N6O4/c1-14(2)28(15(3)4)18(30)13-27-21(31)19-17(7-8-23-20(19)24(6)22(27)32)26-11-9-25(10-12-26)16(5)29/h7-8,14-15H,9-13H2,1-6H3. The van der Waals surface area contributed by atoms with Crippen LogP contribution in [0.3, 0.4) is 0 Å². The second-order valence-electron chi connectivity index (χ2n) is 8.74. The maximum absolute atomic E-state index is 13.5. The quantitative estimate of drug-likeness (QED) is 0.662. The van der Waals surface area contributed by atoms with Crippen molar-refractivity contribution in [3.05, 3.63) is 33.1 Å². The molecular formula is C22H32N6O4. The molecule has 0 aromatic carbocycles. The van der Waals surface area contributed by atoms with Crippen molar-refractivity contribution in [2.75, 3.05) is 31.1 Å². The highest BCUT2D eigenvalue weighted by Gasteiger charge is 2.26. The van der Waals surface area contributed by atoms with E-state index in [9.17, 15) is 19.2 Å². The summed E-state index contributed by atoms with van der Waals surface area (Å²) in [5.74, 6) is -0.263. The Bertz CT molecular complexity index is 1130. The molecule has 3 rings (SSSR count). The number of pyridine rings is 1. The summed E-state index contributed by atoms with van der Waals surface area (Å²) in [4.78, 5) is 60.8. The van der Waals surface area contributed by atoms with E-state index in [1.54, 1.807) is 36.0 Å². The Labute approximate surface area is 187 Å². The average molecular weight is 445 g/mol. The predicted molar refractivity (Wildman–Crippen MR) is 123 cm³/mol. The largest absolute Gasteiger partial charge is 0.367 e. The fraction of sp³-hybridized carbons (Fsp3) is 0.591. The van der Waals surface area contributed by atoms with E-state index in [2.05, 4.69) is 4.98 Å². The molecule has 3 heterocycles. The van der Waals surface area contributed by atoms with E-state index in [0.717, 1.165) is 4.57 Å². The van der Waals surface area contributed by atoms with Crippen LogP contribution in [-0.2, 0) is 23.2 Å². The summed E-state index contributed by atoms with van der Waals surface area (Å²) in [6.07, 6.45) is 1.57. The molecule has 2 aromatic rings. The van der Waals surface area contributed by atoms with E-state index in [-0.39, 0.29) is 36.1 Å². The number of aryl methyl sites for hydroxylation is 1. The van der Waals surface area contributed by atoms with Gasteiger partial charge in [-0.2, -0.15) is 0 Å². The Morgan fingerprint density at radius 3 is 2.19 bits per heavy atom. The van der Waals surface area contributed by atoms with E-state index < -0.39 is 11.2 Å². The van der Waals surface area contributed by atoms with Gasteiger partial charge in [-0.1, -0.05) is 0 Å². The zero-order chi connectivity index (χ0) is 23.7. The fourth-order valence-corrected chi connectivity index (χ4v) is 4.45. The summed E-state index contributed by atoms with van der Waals surface area (Å²) < 4.78 is 2.31. The molecule has 0 bridgehead atoms. The van der Waals surface area contributed by atoms with Gasteiger partial charge in [0.2, 0.25) is 11.8 Å². The van der Waals surface area contributed by atoms with E-state index >= 15 is 0 Å². The third-order valence-corrected chi connectivity index (χ3v) is 5.96. The number of fused-ring (bicyclic) bond motifs is 1. The van der Waals surface area contributed by atoms with Crippen LogP contribution < -0.4 is 16.1 Å². The number of carbonyl (C=O) groups excluding carboxylic acids is 2. The van der Waals surface area contributed by atoms with Crippen molar-refractivity contribution in [2.24, 2.45) is 7.05 Å². The second kappa shape index (κ2) is 9.13. The molecule has 1 saturated heterocycles. The lowest BCUT2D eigenvalue weighted by molar-refractivity contribution is -0.135. The van der Waals surface area contributed by atoms with Crippen molar-refractivity contribution >= 4 is 28.5 Å². The van der Waals surface area contributed by atoms with Crippen LogP contribution in [0, 0.1) is 0 Å². The number of nitrogens with zero attached hydrogens (tertiary/aromatic N) is 6. The smallest absolute Gasteiger partial charge is 0.332 e. The summed E-state index contributed by atoms with van der Waals surface area (Å²) >= 11 is 0. The van der Waals surface area contributed by atoms with Crippen molar-refractivity contribution < 1.29 is 9.59 Å². The number of aromatic nitrogens is 3. The van der Waals surface area contributed by atoms with E-state index in [1.807, 2.05) is 32.6 Å². The van der Waals surface area contributed by atoms with Gasteiger partial charge in [0, 0.05) is 58.4 Å². The molecule has 1 fully saturated rings. The van der Waals surface area contributed by atoms with Crippen LogP contribution in [0.5, 0.6) is 0 Å². The fourth-order valence-electron chi connectivity index (χ4n) is 4.45. The molecule has 0 aliphatic carbocycles. The molecule has 10 nitrogen and oxygen atoms in total. The molecule has 0 saturated carbocycles. The van der Waals surface area contributed by atoms with Gasteiger partial charge in [0.25, 0.3) is 5.56 Å². The molecule has 10 heteroatoms. The Kier molecular flexibility index (Phi) is 6.71. The second-order valence-corrected chi connectivity index (χ2v) is 8.74. The summed E-state index contributed by atoms with van der Waals surface area (Å²) in [5, 5.41) is 0.305. The van der Waals surface area contributed by atoms with Gasteiger partial charge in [0.15, 0.2) is 5.65 Å². The zero-order valence-corrected chi connectivity index (χ0v) is 19.7. The molecular weight excluding hydrogens is 412 g/mol. The normalized spacial score (nSPS) is 14.5. The SMILES string of the molecule is CC(=O)N1CCN(c2ccnc3c2c(=O)n(CC(=O)N(C(C)C)C(C)C)c(=O)n3C)CC1. The van der Waals surface area contributed by atoms with E-state index in [4.69, 9.17) is 0 Å². The number of hydrogen-bond acceptors (Lipinski definition) is 6. The summed E-state index contributed by atoms with van der Waals surface area (Å²) in [6.45, 7) is 11.1. The summed E-state index contributed by atoms with van der Waals surface area (Å²) in [6, 6.07) is 1.63. The van der Waals surface area contributed by atoms with Gasteiger partial charge in [-0.3, -0.25) is 23.5 Å². The third-order valence-electron chi connectivity index (χ3n) is 5.96. The highest BCUT2D eigenvalue weighted by molar-refractivity contribution is 5.89. The van der Waals surface area contributed by atoms with Gasteiger partial charge in [-0.15, -0.1) is 0 Å².